The summed E-state index contributed by atoms with van der Waals surface area (Å²) in [5.74, 6) is -1.52. The molecule has 0 spiro atoms. The predicted octanol–water partition coefficient (Wildman–Crippen LogP) is 1.80. The summed E-state index contributed by atoms with van der Waals surface area (Å²) in [6.45, 7) is 1.21. The van der Waals surface area contributed by atoms with E-state index in [0.717, 1.165) is 6.07 Å². The molecule has 0 aliphatic heterocycles. The fraction of sp³-hybridized carbons (Fsp3) is 0.200. The van der Waals surface area contributed by atoms with E-state index in [4.69, 9.17) is 11.6 Å². The number of hydrogen-bond acceptors (Lipinski definition) is 2. The lowest BCUT2D eigenvalue weighted by molar-refractivity contribution is -0.116. The van der Waals surface area contributed by atoms with E-state index in [9.17, 15) is 14.0 Å². The molecule has 0 aliphatic carbocycles. The van der Waals surface area contributed by atoms with E-state index in [1.807, 2.05) is 0 Å². The largest absolute Gasteiger partial charge is 0.345 e. The summed E-state index contributed by atoms with van der Waals surface area (Å²) in [6.07, 6.45) is 0. The first-order valence-corrected chi connectivity index (χ1v) is 4.61. The molecule has 3 nitrogen and oxygen atoms in total. The van der Waals surface area contributed by atoms with Crippen LogP contribution >= 0.6 is 11.6 Å². The third kappa shape index (κ3) is 3.32. The molecular formula is C10H9ClFNO2. The van der Waals surface area contributed by atoms with Gasteiger partial charge in [0.2, 0.25) is 0 Å². The number of rotatable bonds is 3. The maximum absolute atomic E-state index is 13.1. The highest BCUT2D eigenvalue weighted by atomic mass is 35.5. The Morgan fingerprint density at radius 2 is 2.13 bits per heavy atom. The minimum Gasteiger partial charge on any atom is -0.345 e. The van der Waals surface area contributed by atoms with Crippen LogP contribution in [0.15, 0.2) is 18.2 Å². The fourth-order valence-corrected chi connectivity index (χ4v) is 1.14. The molecule has 1 aromatic rings. The lowest BCUT2D eigenvalue weighted by atomic mass is 10.2. The number of ketones is 1. The molecule has 0 fully saturated rings. The summed E-state index contributed by atoms with van der Waals surface area (Å²) < 4.78 is 13.1. The minimum atomic E-state index is -0.666. The van der Waals surface area contributed by atoms with Crippen molar-refractivity contribution in [2.75, 3.05) is 6.54 Å². The molecule has 0 saturated carbocycles. The van der Waals surface area contributed by atoms with E-state index in [1.54, 1.807) is 0 Å². The van der Waals surface area contributed by atoms with Crippen LogP contribution < -0.4 is 5.32 Å². The highest BCUT2D eigenvalue weighted by molar-refractivity contribution is 6.31. The quantitative estimate of drug-likeness (QED) is 0.859. The van der Waals surface area contributed by atoms with E-state index in [2.05, 4.69) is 5.32 Å². The molecule has 0 aromatic heterocycles. The summed E-state index contributed by atoms with van der Waals surface area (Å²) in [6, 6.07) is 3.66. The monoisotopic (exact) mass is 229 g/mol. The Labute approximate surface area is 91.2 Å². The number of nitrogens with one attached hydrogen (secondary N) is 1. The van der Waals surface area contributed by atoms with Gasteiger partial charge in [-0.05, 0) is 25.1 Å². The van der Waals surface area contributed by atoms with Crippen LogP contribution in [0.2, 0.25) is 5.02 Å². The highest BCUT2D eigenvalue weighted by Crippen LogP contribution is 2.14. The van der Waals surface area contributed by atoms with Crippen LogP contribution in [0.1, 0.15) is 17.3 Å². The van der Waals surface area contributed by atoms with Crippen LogP contribution in [0.3, 0.4) is 0 Å². The summed E-state index contributed by atoms with van der Waals surface area (Å²) in [5, 5.41) is 2.55. The third-order valence-electron chi connectivity index (χ3n) is 1.67. The molecule has 0 atom stereocenters. The van der Waals surface area contributed by atoms with Crippen molar-refractivity contribution in [3.63, 3.8) is 0 Å². The van der Waals surface area contributed by atoms with Gasteiger partial charge >= 0.3 is 0 Å². The molecule has 0 heterocycles. The van der Waals surface area contributed by atoms with Crippen LogP contribution in [0, 0.1) is 5.82 Å². The molecule has 80 valence electrons. The topological polar surface area (TPSA) is 46.2 Å². The summed E-state index contributed by atoms with van der Waals surface area (Å²) >= 11 is 5.61. The van der Waals surface area contributed by atoms with Crippen molar-refractivity contribution in [1.29, 1.82) is 0 Å². The van der Waals surface area contributed by atoms with Gasteiger partial charge in [-0.2, -0.15) is 0 Å². The Balaban J connectivity index is 2.81. The van der Waals surface area contributed by atoms with Gasteiger partial charge < -0.3 is 5.32 Å². The zero-order chi connectivity index (χ0) is 11.4. The number of hydrogen-bond donors (Lipinski definition) is 1. The number of carbonyl (C=O) groups is 2. The smallest absolute Gasteiger partial charge is 0.254 e. The van der Waals surface area contributed by atoms with E-state index in [1.165, 1.54) is 19.1 Å². The first-order valence-electron chi connectivity index (χ1n) is 4.23. The Hall–Kier alpha value is -1.42. The van der Waals surface area contributed by atoms with Crippen molar-refractivity contribution < 1.29 is 14.0 Å². The zero-order valence-corrected chi connectivity index (χ0v) is 8.77. The van der Waals surface area contributed by atoms with Gasteiger partial charge in [-0.1, -0.05) is 11.6 Å². The van der Waals surface area contributed by atoms with E-state index < -0.39 is 11.7 Å². The molecule has 1 amide bonds. The van der Waals surface area contributed by atoms with Crippen LogP contribution in [0.5, 0.6) is 0 Å². The fourth-order valence-electron chi connectivity index (χ4n) is 0.971. The summed E-state index contributed by atoms with van der Waals surface area (Å²) in [5.41, 5.74) is -0.163. The van der Waals surface area contributed by atoms with Crippen LogP contribution in [-0.2, 0) is 4.79 Å². The van der Waals surface area contributed by atoms with E-state index in [0.29, 0.717) is 0 Å². The Morgan fingerprint density at radius 3 is 2.73 bits per heavy atom. The average Bonchev–Trinajstić information content (AvgIpc) is 2.18. The Kier molecular flexibility index (Phi) is 3.80. The van der Waals surface area contributed by atoms with Crippen molar-refractivity contribution in [2.45, 2.75) is 6.92 Å². The maximum atomic E-state index is 13.1. The summed E-state index contributed by atoms with van der Waals surface area (Å²) in [4.78, 5) is 22.0. The first-order chi connectivity index (χ1) is 7.00. The van der Waals surface area contributed by atoms with Crippen LogP contribution in [0.4, 0.5) is 4.39 Å². The minimum absolute atomic E-state index is 0.120. The van der Waals surface area contributed by atoms with Gasteiger partial charge in [0.1, 0.15) is 11.6 Å². The van der Waals surface area contributed by atoms with Gasteiger partial charge in [-0.3, -0.25) is 9.59 Å². The van der Waals surface area contributed by atoms with Crippen LogP contribution in [-0.4, -0.2) is 18.2 Å². The molecule has 5 heteroatoms. The molecule has 1 rings (SSSR count). The first kappa shape index (κ1) is 11.7. The summed E-state index contributed by atoms with van der Waals surface area (Å²) in [7, 11) is 0. The SMILES string of the molecule is CC(=O)CNC(=O)c1cc(Cl)ccc1F. The molecule has 0 bridgehead atoms. The van der Waals surface area contributed by atoms with Gasteiger partial charge in [-0.25, -0.2) is 4.39 Å². The zero-order valence-electron chi connectivity index (χ0n) is 8.01. The van der Waals surface area contributed by atoms with Crippen LogP contribution in [0.25, 0.3) is 0 Å². The number of Topliss-reactive ketones (excluding diaryl/α,β-unsaturated/α-hetero) is 1. The average molecular weight is 230 g/mol. The lowest BCUT2D eigenvalue weighted by Crippen LogP contribution is -2.28. The van der Waals surface area contributed by atoms with Crippen molar-refractivity contribution in [3.05, 3.63) is 34.6 Å². The second-order valence-electron chi connectivity index (χ2n) is 3.01. The normalized spacial score (nSPS) is 9.80. The van der Waals surface area contributed by atoms with Crippen molar-refractivity contribution in [1.82, 2.24) is 5.32 Å². The van der Waals surface area contributed by atoms with Gasteiger partial charge in [0, 0.05) is 5.02 Å². The number of amides is 1. The second kappa shape index (κ2) is 4.89. The molecule has 0 radical (unpaired) electrons. The molecule has 0 unspecified atom stereocenters. The molecule has 0 saturated heterocycles. The molecule has 15 heavy (non-hydrogen) atoms. The maximum Gasteiger partial charge on any atom is 0.254 e. The highest BCUT2D eigenvalue weighted by Gasteiger charge is 2.11. The number of benzene rings is 1. The van der Waals surface area contributed by atoms with Gasteiger partial charge in [0.25, 0.3) is 5.91 Å². The Bertz CT molecular complexity index is 406. The van der Waals surface area contributed by atoms with E-state index >= 15 is 0 Å². The van der Waals surface area contributed by atoms with E-state index in [-0.39, 0.29) is 22.9 Å². The lowest BCUT2D eigenvalue weighted by Gasteiger charge is -2.04. The molecule has 1 N–H and O–H groups in total. The van der Waals surface area contributed by atoms with Gasteiger partial charge in [0.15, 0.2) is 0 Å². The van der Waals surface area contributed by atoms with Crippen molar-refractivity contribution in [3.8, 4) is 0 Å². The van der Waals surface area contributed by atoms with Gasteiger partial charge in [0.05, 0.1) is 12.1 Å². The van der Waals surface area contributed by atoms with Crippen molar-refractivity contribution in [2.24, 2.45) is 0 Å². The van der Waals surface area contributed by atoms with Crippen molar-refractivity contribution >= 4 is 23.3 Å². The predicted molar refractivity (Wildman–Crippen MR) is 54.4 cm³/mol. The second-order valence-corrected chi connectivity index (χ2v) is 3.45. The number of carbonyl (C=O) groups excluding carboxylic acids is 2. The molecular weight excluding hydrogens is 221 g/mol. The standard InChI is InChI=1S/C10H9ClFNO2/c1-6(14)5-13-10(15)8-4-7(11)2-3-9(8)12/h2-4H,5H2,1H3,(H,13,15). The third-order valence-corrected chi connectivity index (χ3v) is 1.91. The molecule has 1 aromatic carbocycles. The van der Waals surface area contributed by atoms with Gasteiger partial charge in [-0.15, -0.1) is 0 Å². The molecule has 0 aliphatic rings. The number of halogens is 2. The Morgan fingerprint density at radius 1 is 1.47 bits per heavy atom.